The van der Waals surface area contributed by atoms with Crippen LogP contribution in [0.15, 0.2) is 54.9 Å². The van der Waals surface area contributed by atoms with Gasteiger partial charge in [0, 0.05) is 31.0 Å². The van der Waals surface area contributed by atoms with E-state index in [1.165, 1.54) is 0 Å². The number of ether oxygens (including phenoxy) is 1. The molecule has 0 bridgehead atoms. The van der Waals surface area contributed by atoms with Crippen LogP contribution >= 0.6 is 24.8 Å². The highest BCUT2D eigenvalue weighted by Gasteiger charge is 2.07. The van der Waals surface area contributed by atoms with Gasteiger partial charge in [0.05, 0.1) is 5.69 Å². The molecule has 0 spiro atoms. The van der Waals surface area contributed by atoms with E-state index >= 15 is 0 Å². The first kappa shape index (κ1) is 22.8. The second kappa shape index (κ2) is 11.4. The fourth-order valence-corrected chi connectivity index (χ4v) is 2.48. The maximum atomic E-state index is 12.1. The highest BCUT2D eigenvalue weighted by atomic mass is 35.5. The maximum absolute atomic E-state index is 12.1. The molecule has 146 valence electrons. The lowest BCUT2D eigenvalue weighted by Gasteiger charge is -2.08. The number of aromatic nitrogens is 2. The number of imidazole rings is 1. The van der Waals surface area contributed by atoms with Gasteiger partial charge in [-0.2, -0.15) is 0 Å². The number of likely N-dealkylation sites (N-methyl/N-ethyl adjacent to an activating group) is 1. The van der Waals surface area contributed by atoms with Gasteiger partial charge in [0.25, 0.3) is 5.91 Å². The lowest BCUT2D eigenvalue weighted by Crippen LogP contribution is -2.31. The summed E-state index contributed by atoms with van der Waals surface area (Å²) in [6.45, 7) is 4.63. The van der Waals surface area contributed by atoms with E-state index in [2.05, 4.69) is 15.6 Å². The summed E-state index contributed by atoms with van der Waals surface area (Å²) in [7, 11) is 0. The summed E-state index contributed by atoms with van der Waals surface area (Å²) >= 11 is 0. The van der Waals surface area contributed by atoms with Gasteiger partial charge in [-0.3, -0.25) is 4.79 Å². The first-order valence-corrected chi connectivity index (χ1v) is 8.40. The average molecular weight is 411 g/mol. The number of rotatable bonds is 8. The van der Waals surface area contributed by atoms with Gasteiger partial charge in [-0.15, -0.1) is 24.8 Å². The molecule has 2 N–H and O–H groups in total. The molecule has 0 unspecified atom stereocenters. The van der Waals surface area contributed by atoms with Gasteiger partial charge in [-0.05, 0) is 36.9 Å². The van der Waals surface area contributed by atoms with Crippen LogP contribution in [0.1, 0.15) is 23.0 Å². The number of carbonyl (C=O) groups is 1. The van der Waals surface area contributed by atoms with E-state index in [0.717, 1.165) is 24.4 Å². The van der Waals surface area contributed by atoms with Gasteiger partial charge in [0.1, 0.15) is 18.0 Å². The van der Waals surface area contributed by atoms with Crippen molar-refractivity contribution in [2.75, 3.05) is 19.6 Å². The minimum atomic E-state index is -0.101. The zero-order valence-electron chi connectivity index (χ0n) is 15.1. The van der Waals surface area contributed by atoms with E-state index in [1.54, 1.807) is 12.1 Å². The molecule has 8 heteroatoms. The molecular formula is C19H24Cl2N4O2. The topological polar surface area (TPSA) is 67.7 Å². The molecule has 3 rings (SSSR count). The number of nitrogens with zero attached hydrogens (tertiary/aromatic N) is 2. The monoisotopic (exact) mass is 410 g/mol. The standard InChI is InChI=1S/C19H22N4O2.2ClH/c1-2-20-9-10-21-19(24)15-6-5-7-17(12-15)25-14-16-13-23-11-4-3-8-18(23)22-16;;/h3-8,11-13,20H,2,9-10,14H2,1H3,(H,21,24);2*1H. The van der Waals surface area contributed by atoms with Gasteiger partial charge < -0.3 is 19.8 Å². The number of fused-ring (bicyclic) bond motifs is 1. The van der Waals surface area contributed by atoms with Crippen molar-refractivity contribution in [3.8, 4) is 5.75 Å². The number of hydrogen-bond acceptors (Lipinski definition) is 4. The van der Waals surface area contributed by atoms with Gasteiger partial charge in [0.15, 0.2) is 0 Å². The number of pyridine rings is 1. The van der Waals surface area contributed by atoms with E-state index in [4.69, 9.17) is 4.74 Å². The largest absolute Gasteiger partial charge is 0.487 e. The van der Waals surface area contributed by atoms with Gasteiger partial charge in [-0.1, -0.05) is 19.1 Å². The minimum absolute atomic E-state index is 0. The number of hydrogen-bond donors (Lipinski definition) is 2. The zero-order chi connectivity index (χ0) is 17.5. The maximum Gasteiger partial charge on any atom is 0.251 e. The minimum Gasteiger partial charge on any atom is -0.487 e. The van der Waals surface area contributed by atoms with Crippen molar-refractivity contribution in [3.05, 3.63) is 66.1 Å². The molecule has 1 aromatic carbocycles. The van der Waals surface area contributed by atoms with Crippen LogP contribution in [0.25, 0.3) is 5.65 Å². The quantitative estimate of drug-likeness (QED) is 0.559. The third kappa shape index (κ3) is 6.43. The summed E-state index contributed by atoms with van der Waals surface area (Å²) in [4.78, 5) is 16.6. The van der Waals surface area contributed by atoms with Crippen LogP contribution in [-0.4, -0.2) is 34.9 Å². The molecule has 1 amide bonds. The highest BCUT2D eigenvalue weighted by molar-refractivity contribution is 5.94. The Balaban J connectivity index is 0.00000182. The van der Waals surface area contributed by atoms with Crippen LogP contribution in [0, 0.1) is 0 Å². The van der Waals surface area contributed by atoms with Crippen LogP contribution in [-0.2, 0) is 6.61 Å². The van der Waals surface area contributed by atoms with Gasteiger partial charge >= 0.3 is 0 Å². The molecule has 6 nitrogen and oxygen atoms in total. The normalized spacial score (nSPS) is 9.96. The first-order chi connectivity index (χ1) is 12.3. The van der Waals surface area contributed by atoms with Gasteiger partial charge in [-0.25, -0.2) is 4.98 Å². The fourth-order valence-electron chi connectivity index (χ4n) is 2.48. The Morgan fingerprint density at radius 3 is 2.78 bits per heavy atom. The molecular weight excluding hydrogens is 387 g/mol. The Kier molecular flexibility index (Phi) is 9.64. The van der Waals surface area contributed by atoms with Crippen LogP contribution in [0.5, 0.6) is 5.75 Å². The fraction of sp³-hybridized carbons (Fsp3) is 0.263. The molecule has 0 saturated heterocycles. The summed E-state index contributed by atoms with van der Waals surface area (Å²) in [5.41, 5.74) is 2.31. The molecule has 0 fully saturated rings. The summed E-state index contributed by atoms with van der Waals surface area (Å²) in [5.74, 6) is 0.549. The second-order valence-electron chi connectivity index (χ2n) is 5.62. The number of benzene rings is 1. The van der Waals surface area contributed by atoms with Crippen LogP contribution in [0.2, 0.25) is 0 Å². The SMILES string of the molecule is CCNCCNC(=O)c1cccc(OCc2cn3ccccc3n2)c1.Cl.Cl. The smallest absolute Gasteiger partial charge is 0.251 e. The second-order valence-corrected chi connectivity index (χ2v) is 5.62. The number of halogens is 2. The summed E-state index contributed by atoms with van der Waals surface area (Å²) in [6, 6.07) is 13.0. The van der Waals surface area contributed by atoms with Crippen molar-refractivity contribution < 1.29 is 9.53 Å². The van der Waals surface area contributed by atoms with Crippen molar-refractivity contribution >= 4 is 36.4 Å². The summed E-state index contributed by atoms with van der Waals surface area (Å²) in [5, 5.41) is 6.05. The lowest BCUT2D eigenvalue weighted by molar-refractivity contribution is 0.0953. The third-order valence-corrected chi connectivity index (χ3v) is 3.73. The number of carbonyl (C=O) groups excluding carboxylic acids is 1. The Labute approximate surface area is 171 Å². The van der Waals surface area contributed by atoms with Crippen molar-refractivity contribution in [2.24, 2.45) is 0 Å². The Morgan fingerprint density at radius 1 is 1.15 bits per heavy atom. The van der Waals surface area contributed by atoms with Crippen LogP contribution < -0.4 is 15.4 Å². The molecule has 2 heterocycles. The van der Waals surface area contributed by atoms with E-state index in [9.17, 15) is 4.79 Å². The van der Waals surface area contributed by atoms with E-state index in [-0.39, 0.29) is 30.7 Å². The van der Waals surface area contributed by atoms with Crippen LogP contribution in [0.3, 0.4) is 0 Å². The zero-order valence-corrected chi connectivity index (χ0v) is 16.7. The van der Waals surface area contributed by atoms with Crippen molar-refractivity contribution in [3.63, 3.8) is 0 Å². The molecule has 0 aliphatic rings. The molecule has 0 aliphatic carbocycles. The van der Waals surface area contributed by atoms with Crippen molar-refractivity contribution in [2.45, 2.75) is 13.5 Å². The average Bonchev–Trinajstić information content (AvgIpc) is 3.06. The summed E-state index contributed by atoms with van der Waals surface area (Å²) in [6.07, 6.45) is 3.89. The Hall–Kier alpha value is -2.28. The van der Waals surface area contributed by atoms with Crippen molar-refractivity contribution in [1.82, 2.24) is 20.0 Å². The summed E-state index contributed by atoms with van der Waals surface area (Å²) < 4.78 is 7.74. The number of amides is 1. The molecule has 3 aromatic rings. The Bertz CT molecular complexity index is 821. The molecule has 2 aromatic heterocycles. The van der Waals surface area contributed by atoms with E-state index < -0.39 is 0 Å². The molecule has 0 radical (unpaired) electrons. The molecule has 0 aliphatic heterocycles. The third-order valence-electron chi connectivity index (χ3n) is 3.73. The van der Waals surface area contributed by atoms with Crippen LogP contribution in [0.4, 0.5) is 0 Å². The predicted octanol–water partition coefficient (Wildman–Crippen LogP) is 3.10. The highest BCUT2D eigenvalue weighted by Crippen LogP contribution is 2.15. The van der Waals surface area contributed by atoms with E-state index in [1.807, 2.05) is 54.0 Å². The van der Waals surface area contributed by atoms with Gasteiger partial charge in [0.2, 0.25) is 0 Å². The Morgan fingerprint density at radius 2 is 2.00 bits per heavy atom. The predicted molar refractivity (Wildman–Crippen MR) is 111 cm³/mol. The molecule has 0 saturated carbocycles. The first-order valence-electron chi connectivity index (χ1n) is 8.40. The number of nitrogens with one attached hydrogen (secondary N) is 2. The van der Waals surface area contributed by atoms with E-state index in [0.29, 0.717) is 24.5 Å². The molecule has 0 atom stereocenters. The van der Waals surface area contributed by atoms with Crippen molar-refractivity contribution in [1.29, 1.82) is 0 Å². The molecule has 27 heavy (non-hydrogen) atoms. The lowest BCUT2D eigenvalue weighted by atomic mass is 10.2.